The second kappa shape index (κ2) is 6.15. The number of phenolic OH excluding ortho intramolecular Hbond substituents is 2. The van der Waals surface area contributed by atoms with Gasteiger partial charge in [-0.05, 0) is 62.2 Å². The predicted octanol–water partition coefficient (Wildman–Crippen LogP) is 4.64. The summed E-state index contributed by atoms with van der Waals surface area (Å²) in [5.41, 5.74) is 0.521. The van der Waals surface area contributed by atoms with Crippen molar-refractivity contribution in [3.8, 4) is 11.5 Å². The van der Waals surface area contributed by atoms with Crippen LogP contribution < -0.4 is 5.32 Å². The monoisotopic (exact) mass is 463 g/mol. The Hall–Kier alpha value is -1.05. The molecular weight excluding hydrogens is 458 g/mol. The van der Waals surface area contributed by atoms with E-state index in [2.05, 4.69) is 53.1 Å². The maximum Gasteiger partial charge on any atom is 0.259 e. The van der Waals surface area contributed by atoms with Gasteiger partial charge in [0.05, 0.1) is 11.3 Å². The maximum atomic E-state index is 12.1. The molecule has 0 aromatic heterocycles. The van der Waals surface area contributed by atoms with Crippen molar-refractivity contribution in [3.63, 3.8) is 0 Å². The minimum atomic E-state index is -0.526. The van der Waals surface area contributed by atoms with Gasteiger partial charge in [0.15, 0.2) is 0 Å². The van der Waals surface area contributed by atoms with Gasteiger partial charge in [-0.25, -0.2) is 0 Å². The standard InChI is InChI=1S/C13H8Br3NO3/c14-6-3-9(15)12(10(16)4-6)17-13(20)8-5-7(18)1-2-11(8)19/h1-5,18-19H,(H,17,20). The number of amides is 1. The molecule has 0 fully saturated rings. The van der Waals surface area contributed by atoms with Crippen molar-refractivity contribution in [1.82, 2.24) is 0 Å². The summed E-state index contributed by atoms with van der Waals surface area (Å²) in [5, 5.41) is 21.7. The van der Waals surface area contributed by atoms with Crippen molar-refractivity contribution in [3.05, 3.63) is 49.3 Å². The number of benzene rings is 2. The highest BCUT2D eigenvalue weighted by Crippen LogP contribution is 2.35. The van der Waals surface area contributed by atoms with Gasteiger partial charge in [-0.15, -0.1) is 0 Å². The van der Waals surface area contributed by atoms with Crippen molar-refractivity contribution in [2.75, 3.05) is 5.32 Å². The molecular formula is C13H8Br3NO3. The van der Waals surface area contributed by atoms with E-state index >= 15 is 0 Å². The van der Waals surface area contributed by atoms with Gasteiger partial charge in [-0.2, -0.15) is 0 Å². The molecule has 0 aliphatic rings. The average Bonchev–Trinajstić information content (AvgIpc) is 2.36. The highest BCUT2D eigenvalue weighted by Gasteiger charge is 2.15. The first-order chi connectivity index (χ1) is 9.38. The Bertz CT molecular complexity index is 666. The van der Waals surface area contributed by atoms with Crippen LogP contribution in [0.25, 0.3) is 0 Å². The zero-order valence-corrected chi connectivity index (χ0v) is 14.6. The molecule has 0 saturated carbocycles. The molecule has 2 rings (SSSR count). The van der Waals surface area contributed by atoms with Crippen molar-refractivity contribution >= 4 is 59.4 Å². The topological polar surface area (TPSA) is 69.6 Å². The molecule has 2 aromatic rings. The summed E-state index contributed by atoms with van der Waals surface area (Å²) < 4.78 is 2.19. The molecule has 0 aliphatic carbocycles. The van der Waals surface area contributed by atoms with Crippen LogP contribution in [0, 0.1) is 0 Å². The summed E-state index contributed by atoms with van der Waals surface area (Å²) >= 11 is 10.0. The molecule has 0 spiro atoms. The summed E-state index contributed by atoms with van der Waals surface area (Å²) in [5.74, 6) is -0.825. The quantitative estimate of drug-likeness (QED) is 0.566. The van der Waals surface area contributed by atoms with Gasteiger partial charge in [0, 0.05) is 13.4 Å². The fourth-order valence-electron chi connectivity index (χ4n) is 1.55. The number of anilines is 1. The third-order valence-electron chi connectivity index (χ3n) is 2.47. The van der Waals surface area contributed by atoms with E-state index in [4.69, 9.17) is 0 Å². The zero-order valence-electron chi connectivity index (χ0n) is 9.82. The molecule has 0 atom stereocenters. The van der Waals surface area contributed by atoms with E-state index in [1.54, 1.807) is 12.1 Å². The molecule has 0 aliphatic heterocycles. The van der Waals surface area contributed by atoms with Gasteiger partial charge in [-0.1, -0.05) is 15.9 Å². The molecule has 7 heteroatoms. The largest absolute Gasteiger partial charge is 0.508 e. The Kier molecular flexibility index (Phi) is 4.72. The van der Waals surface area contributed by atoms with E-state index in [0.717, 1.165) is 4.47 Å². The smallest absolute Gasteiger partial charge is 0.259 e. The Morgan fingerprint density at radius 3 is 2.20 bits per heavy atom. The van der Waals surface area contributed by atoms with Gasteiger partial charge in [0.1, 0.15) is 11.5 Å². The van der Waals surface area contributed by atoms with Crippen LogP contribution in [-0.4, -0.2) is 16.1 Å². The summed E-state index contributed by atoms with van der Waals surface area (Å²) in [6.45, 7) is 0. The number of rotatable bonds is 2. The van der Waals surface area contributed by atoms with Crippen LogP contribution in [-0.2, 0) is 0 Å². The molecule has 104 valence electrons. The van der Waals surface area contributed by atoms with Crippen LogP contribution in [0.15, 0.2) is 43.7 Å². The van der Waals surface area contributed by atoms with Crippen LogP contribution in [0.5, 0.6) is 11.5 Å². The molecule has 4 nitrogen and oxygen atoms in total. The number of hydrogen-bond donors (Lipinski definition) is 3. The molecule has 1 amide bonds. The summed E-state index contributed by atoms with van der Waals surface area (Å²) in [6, 6.07) is 7.32. The van der Waals surface area contributed by atoms with Gasteiger partial charge in [0.25, 0.3) is 5.91 Å². The highest BCUT2D eigenvalue weighted by atomic mass is 79.9. The first kappa shape index (κ1) is 15.3. The minimum Gasteiger partial charge on any atom is -0.508 e. The maximum absolute atomic E-state index is 12.1. The molecule has 20 heavy (non-hydrogen) atoms. The number of carbonyl (C=O) groups excluding carboxylic acids is 1. The number of halogens is 3. The first-order valence-electron chi connectivity index (χ1n) is 5.36. The van der Waals surface area contributed by atoms with Crippen LogP contribution in [0.1, 0.15) is 10.4 Å². The average molecular weight is 466 g/mol. The number of carbonyl (C=O) groups is 1. The van der Waals surface area contributed by atoms with Crippen molar-refractivity contribution in [2.45, 2.75) is 0 Å². The number of aromatic hydroxyl groups is 2. The summed E-state index contributed by atoms with van der Waals surface area (Å²) in [4.78, 5) is 12.1. The second-order valence-corrected chi connectivity index (χ2v) is 6.52. The molecule has 0 radical (unpaired) electrons. The van der Waals surface area contributed by atoms with E-state index < -0.39 is 5.91 Å². The Balaban J connectivity index is 2.35. The Morgan fingerprint density at radius 1 is 1.00 bits per heavy atom. The van der Waals surface area contributed by atoms with Gasteiger partial charge < -0.3 is 15.5 Å². The Labute approximate surface area is 140 Å². The SMILES string of the molecule is O=C(Nc1c(Br)cc(Br)cc1Br)c1cc(O)ccc1O. The lowest BCUT2D eigenvalue weighted by molar-refractivity contribution is 0.102. The lowest BCUT2D eigenvalue weighted by atomic mass is 10.1. The molecule has 2 aromatic carbocycles. The fraction of sp³-hybridized carbons (Fsp3) is 0. The van der Waals surface area contributed by atoms with Crippen LogP contribution in [0.4, 0.5) is 5.69 Å². The lowest BCUT2D eigenvalue weighted by Crippen LogP contribution is -2.13. The van der Waals surface area contributed by atoms with E-state index in [0.29, 0.717) is 14.6 Å². The molecule has 0 saturated heterocycles. The molecule has 0 bridgehead atoms. The van der Waals surface area contributed by atoms with E-state index in [-0.39, 0.29) is 17.1 Å². The van der Waals surface area contributed by atoms with Crippen LogP contribution in [0.2, 0.25) is 0 Å². The predicted molar refractivity (Wildman–Crippen MR) is 87.3 cm³/mol. The molecule has 3 N–H and O–H groups in total. The third-order valence-corrected chi connectivity index (χ3v) is 4.18. The number of hydrogen-bond acceptors (Lipinski definition) is 3. The zero-order chi connectivity index (χ0) is 14.9. The van der Waals surface area contributed by atoms with Gasteiger partial charge >= 0.3 is 0 Å². The van der Waals surface area contributed by atoms with Crippen LogP contribution in [0.3, 0.4) is 0 Å². The van der Waals surface area contributed by atoms with Crippen LogP contribution >= 0.6 is 47.8 Å². The first-order valence-corrected chi connectivity index (χ1v) is 7.74. The number of phenols is 2. The number of nitrogens with one attached hydrogen (secondary N) is 1. The van der Waals surface area contributed by atoms with Gasteiger partial charge in [-0.3, -0.25) is 4.79 Å². The second-order valence-electron chi connectivity index (χ2n) is 3.90. The van der Waals surface area contributed by atoms with Gasteiger partial charge in [0.2, 0.25) is 0 Å². The van der Waals surface area contributed by atoms with Crippen molar-refractivity contribution in [2.24, 2.45) is 0 Å². The fourth-order valence-corrected chi connectivity index (χ4v) is 4.01. The van der Waals surface area contributed by atoms with E-state index in [9.17, 15) is 15.0 Å². The third kappa shape index (κ3) is 3.34. The summed E-state index contributed by atoms with van der Waals surface area (Å²) in [7, 11) is 0. The lowest BCUT2D eigenvalue weighted by Gasteiger charge is -2.11. The van der Waals surface area contributed by atoms with Crippen molar-refractivity contribution in [1.29, 1.82) is 0 Å². The van der Waals surface area contributed by atoms with E-state index in [1.807, 2.05) is 0 Å². The summed E-state index contributed by atoms with van der Waals surface area (Å²) in [6.07, 6.45) is 0. The minimum absolute atomic E-state index is 0.00767. The molecule has 0 unspecified atom stereocenters. The van der Waals surface area contributed by atoms with Crippen molar-refractivity contribution < 1.29 is 15.0 Å². The normalized spacial score (nSPS) is 10.3. The highest BCUT2D eigenvalue weighted by molar-refractivity contribution is 9.11. The molecule has 0 heterocycles. The Morgan fingerprint density at radius 2 is 1.60 bits per heavy atom. The van der Waals surface area contributed by atoms with E-state index in [1.165, 1.54) is 18.2 Å².